The molecular weight excluding hydrogens is 222 g/mol. The van der Waals surface area contributed by atoms with E-state index >= 15 is 0 Å². The molecule has 2 aromatic heterocycles. The number of aromatic amines is 1. The number of rotatable bonds is 4. The zero-order chi connectivity index (χ0) is 12.3. The average Bonchev–Trinajstić information content (AvgIpc) is 2.83. The quantitative estimate of drug-likeness (QED) is 0.675. The highest BCUT2D eigenvalue weighted by atomic mass is 16.1. The first kappa shape index (κ1) is 11.0. The number of hydrogen-bond donors (Lipinski definition) is 3. The average molecular weight is 233 g/mol. The van der Waals surface area contributed by atoms with E-state index in [0.29, 0.717) is 11.6 Å². The predicted molar refractivity (Wildman–Crippen MR) is 59.0 cm³/mol. The summed E-state index contributed by atoms with van der Waals surface area (Å²) in [7, 11) is 0. The van der Waals surface area contributed by atoms with Gasteiger partial charge in [0.05, 0.1) is 6.04 Å². The van der Waals surface area contributed by atoms with E-state index in [1.165, 1.54) is 12.4 Å². The molecule has 4 N–H and O–H groups in total. The van der Waals surface area contributed by atoms with E-state index in [2.05, 4.69) is 30.7 Å². The highest BCUT2D eigenvalue weighted by Gasteiger charge is 2.09. The molecule has 2 rings (SSSR count). The van der Waals surface area contributed by atoms with Crippen LogP contribution >= 0.6 is 0 Å². The zero-order valence-corrected chi connectivity index (χ0v) is 9.08. The molecule has 0 bridgehead atoms. The summed E-state index contributed by atoms with van der Waals surface area (Å²) in [6, 6.07) is 3.04. The second-order valence-corrected chi connectivity index (χ2v) is 3.40. The minimum atomic E-state index is -0.604. The second-order valence-electron chi connectivity index (χ2n) is 3.40. The molecule has 2 aromatic rings. The van der Waals surface area contributed by atoms with E-state index < -0.39 is 5.91 Å². The van der Waals surface area contributed by atoms with Gasteiger partial charge in [-0.3, -0.25) is 9.89 Å². The van der Waals surface area contributed by atoms with Gasteiger partial charge in [0.1, 0.15) is 18.0 Å². The molecule has 88 valence electrons. The molecule has 0 saturated carbocycles. The molecule has 0 aliphatic rings. The Morgan fingerprint density at radius 1 is 1.47 bits per heavy atom. The summed E-state index contributed by atoms with van der Waals surface area (Å²) in [5.41, 5.74) is 5.18. The lowest BCUT2D eigenvalue weighted by atomic mass is 10.3. The molecule has 0 fully saturated rings. The van der Waals surface area contributed by atoms with Crippen molar-refractivity contribution in [1.29, 1.82) is 0 Å². The first-order valence-corrected chi connectivity index (χ1v) is 4.92. The summed E-state index contributed by atoms with van der Waals surface area (Å²) in [6.45, 7) is 1.89. The maximum atomic E-state index is 10.8. The Hall–Kier alpha value is -2.51. The number of aromatic nitrogens is 5. The molecule has 8 heteroatoms. The third kappa shape index (κ3) is 2.54. The lowest BCUT2D eigenvalue weighted by Crippen LogP contribution is -2.15. The number of carbonyl (C=O) groups excluding carboxylic acids is 1. The van der Waals surface area contributed by atoms with E-state index in [1.807, 2.05) is 6.92 Å². The molecule has 1 amide bonds. The van der Waals surface area contributed by atoms with Gasteiger partial charge in [0.25, 0.3) is 5.91 Å². The number of H-pyrrole nitrogens is 1. The van der Waals surface area contributed by atoms with E-state index in [1.54, 1.807) is 6.07 Å². The number of carbonyl (C=O) groups is 1. The molecule has 1 unspecified atom stereocenters. The largest absolute Gasteiger partial charge is 0.364 e. The van der Waals surface area contributed by atoms with E-state index in [-0.39, 0.29) is 11.7 Å². The van der Waals surface area contributed by atoms with Crippen LogP contribution < -0.4 is 11.1 Å². The van der Waals surface area contributed by atoms with Gasteiger partial charge in [-0.25, -0.2) is 4.98 Å². The molecule has 8 nitrogen and oxygen atoms in total. The lowest BCUT2D eigenvalue weighted by Gasteiger charge is -2.10. The van der Waals surface area contributed by atoms with Gasteiger partial charge in [0, 0.05) is 0 Å². The fourth-order valence-electron chi connectivity index (χ4n) is 1.25. The third-order valence-electron chi connectivity index (χ3n) is 2.13. The Bertz CT molecular complexity index is 493. The Morgan fingerprint density at radius 3 is 2.82 bits per heavy atom. The highest BCUT2D eigenvalue weighted by Crippen LogP contribution is 2.12. The molecule has 2 heterocycles. The van der Waals surface area contributed by atoms with E-state index in [4.69, 9.17) is 5.73 Å². The van der Waals surface area contributed by atoms with Gasteiger partial charge < -0.3 is 11.1 Å². The molecule has 0 aliphatic heterocycles. The highest BCUT2D eigenvalue weighted by molar-refractivity contribution is 5.90. The van der Waals surface area contributed by atoms with Gasteiger partial charge in [-0.15, -0.1) is 10.2 Å². The Kier molecular flexibility index (Phi) is 2.95. The van der Waals surface area contributed by atoms with Gasteiger partial charge in [-0.05, 0) is 19.1 Å². The van der Waals surface area contributed by atoms with Gasteiger partial charge in [0.15, 0.2) is 5.69 Å². The number of hydrogen-bond acceptors (Lipinski definition) is 6. The summed E-state index contributed by atoms with van der Waals surface area (Å²) < 4.78 is 0. The summed E-state index contributed by atoms with van der Waals surface area (Å²) in [5, 5.41) is 17.0. The molecule has 1 atom stereocenters. The lowest BCUT2D eigenvalue weighted by molar-refractivity contribution is 0.0994. The third-order valence-corrected chi connectivity index (χ3v) is 2.13. The Morgan fingerprint density at radius 2 is 2.29 bits per heavy atom. The van der Waals surface area contributed by atoms with E-state index in [9.17, 15) is 4.79 Å². The maximum absolute atomic E-state index is 10.8. The van der Waals surface area contributed by atoms with Crippen LogP contribution in [0.3, 0.4) is 0 Å². The topological polar surface area (TPSA) is 122 Å². The van der Waals surface area contributed by atoms with Gasteiger partial charge in [0.2, 0.25) is 0 Å². The first-order chi connectivity index (χ1) is 8.16. The van der Waals surface area contributed by atoms with Crippen molar-refractivity contribution >= 4 is 11.7 Å². The van der Waals surface area contributed by atoms with Crippen molar-refractivity contribution < 1.29 is 4.79 Å². The minimum Gasteiger partial charge on any atom is -0.364 e. The van der Waals surface area contributed by atoms with Crippen molar-refractivity contribution in [3.05, 3.63) is 30.0 Å². The van der Waals surface area contributed by atoms with Gasteiger partial charge >= 0.3 is 0 Å². The Labute approximate surface area is 96.7 Å². The Balaban J connectivity index is 2.06. The van der Waals surface area contributed by atoms with Gasteiger partial charge in [-0.1, -0.05) is 0 Å². The molecule has 0 aliphatic carbocycles. The monoisotopic (exact) mass is 233 g/mol. The minimum absolute atomic E-state index is 0.0915. The molecule has 17 heavy (non-hydrogen) atoms. The number of nitrogens with two attached hydrogens (primary N) is 1. The number of amides is 1. The molecule has 0 spiro atoms. The standard InChI is InChI=1S/C9H11N7O/c1-5(9-11-4-12-16-9)13-7-3-2-6(8(10)17)14-15-7/h2-5H,1H3,(H2,10,17)(H,13,15)(H,11,12,16). The number of primary amides is 1. The fourth-order valence-corrected chi connectivity index (χ4v) is 1.25. The van der Waals surface area contributed by atoms with Crippen molar-refractivity contribution in [2.45, 2.75) is 13.0 Å². The number of nitrogens with one attached hydrogen (secondary N) is 2. The van der Waals surface area contributed by atoms with Crippen LogP contribution in [0.4, 0.5) is 5.82 Å². The molecular formula is C9H11N7O. The van der Waals surface area contributed by atoms with Crippen LogP contribution in [0.1, 0.15) is 29.3 Å². The van der Waals surface area contributed by atoms with Crippen LogP contribution in [-0.2, 0) is 0 Å². The first-order valence-electron chi connectivity index (χ1n) is 4.92. The molecule has 0 radical (unpaired) electrons. The molecule has 0 aromatic carbocycles. The zero-order valence-electron chi connectivity index (χ0n) is 9.08. The van der Waals surface area contributed by atoms with Crippen LogP contribution in [-0.4, -0.2) is 31.3 Å². The van der Waals surface area contributed by atoms with Crippen molar-refractivity contribution in [3.63, 3.8) is 0 Å². The summed E-state index contributed by atoms with van der Waals surface area (Å²) in [6.07, 6.45) is 1.43. The van der Waals surface area contributed by atoms with Crippen LogP contribution in [0.25, 0.3) is 0 Å². The van der Waals surface area contributed by atoms with Crippen LogP contribution in [0.2, 0.25) is 0 Å². The summed E-state index contributed by atoms with van der Waals surface area (Å²) >= 11 is 0. The van der Waals surface area contributed by atoms with Crippen LogP contribution in [0, 0.1) is 0 Å². The van der Waals surface area contributed by atoms with Crippen molar-refractivity contribution in [2.75, 3.05) is 5.32 Å². The maximum Gasteiger partial charge on any atom is 0.269 e. The van der Waals surface area contributed by atoms with Crippen LogP contribution in [0.15, 0.2) is 18.5 Å². The fraction of sp³-hybridized carbons (Fsp3) is 0.222. The van der Waals surface area contributed by atoms with Gasteiger partial charge in [-0.2, -0.15) is 5.10 Å². The SMILES string of the molecule is CC(Nc1ccc(C(N)=O)nn1)c1ncn[nH]1. The van der Waals surface area contributed by atoms with Crippen molar-refractivity contribution in [2.24, 2.45) is 5.73 Å². The predicted octanol–water partition coefficient (Wildman–Crippen LogP) is -0.133. The van der Waals surface area contributed by atoms with E-state index in [0.717, 1.165) is 0 Å². The molecule has 0 saturated heterocycles. The summed E-state index contributed by atoms with van der Waals surface area (Å²) in [4.78, 5) is 14.8. The second kappa shape index (κ2) is 4.56. The normalized spacial score (nSPS) is 12.1. The van der Waals surface area contributed by atoms with Crippen molar-refractivity contribution in [3.8, 4) is 0 Å². The summed E-state index contributed by atoms with van der Waals surface area (Å²) in [5.74, 6) is 0.608. The number of anilines is 1. The van der Waals surface area contributed by atoms with Crippen LogP contribution in [0.5, 0.6) is 0 Å². The van der Waals surface area contributed by atoms with Crippen molar-refractivity contribution in [1.82, 2.24) is 25.4 Å². The number of nitrogens with zero attached hydrogens (tertiary/aromatic N) is 4. The smallest absolute Gasteiger partial charge is 0.269 e.